The number of nitrogens with zero attached hydrogens (tertiary/aromatic N) is 2. The normalized spacial score (nSPS) is 14.8. The fourth-order valence-corrected chi connectivity index (χ4v) is 1.87. The first-order valence-corrected chi connectivity index (χ1v) is 6.12. The predicted molar refractivity (Wildman–Crippen MR) is 70.7 cm³/mol. The molecular weight excluding hydrogens is 218 g/mol. The molecule has 1 saturated carbocycles. The Morgan fingerprint density at radius 1 is 1.62 bits per heavy atom. The summed E-state index contributed by atoms with van der Waals surface area (Å²) in [7, 11) is 0. The average molecular weight is 235 g/mol. The summed E-state index contributed by atoms with van der Waals surface area (Å²) >= 11 is 4.98. The largest absolute Gasteiger partial charge is 0.389 e. The smallest absolute Gasteiger partial charge is 0.129 e. The van der Waals surface area contributed by atoms with E-state index in [0.29, 0.717) is 4.99 Å². The third-order valence-electron chi connectivity index (χ3n) is 2.91. The molecule has 3 nitrogen and oxygen atoms in total. The van der Waals surface area contributed by atoms with Crippen LogP contribution in [0, 0.1) is 5.92 Å². The third kappa shape index (κ3) is 2.70. The molecular formula is C12H17N3S. The van der Waals surface area contributed by atoms with Gasteiger partial charge in [-0.1, -0.05) is 12.2 Å². The Morgan fingerprint density at radius 2 is 2.38 bits per heavy atom. The Balaban J connectivity index is 2.15. The molecule has 16 heavy (non-hydrogen) atoms. The first kappa shape index (κ1) is 11.3. The van der Waals surface area contributed by atoms with Crippen molar-refractivity contribution < 1.29 is 0 Å². The first-order valence-electron chi connectivity index (χ1n) is 5.71. The lowest BCUT2D eigenvalue weighted by molar-refractivity contribution is 0.732. The molecule has 0 spiro atoms. The Bertz CT molecular complexity index is 388. The van der Waals surface area contributed by atoms with Crippen LogP contribution < -0.4 is 10.6 Å². The SMILES string of the molecule is CCN(CC1CC1)c1cc(C(N)=S)ccn1. The van der Waals surface area contributed by atoms with Gasteiger partial charge >= 0.3 is 0 Å². The van der Waals surface area contributed by atoms with Crippen LogP contribution in [0.2, 0.25) is 0 Å². The minimum absolute atomic E-state index is 0.436. The summed E-state index contributed by atoms with van der Waals surface area (Å²) in [5, 5.41) is 0. The van der Waals surface area contributed by atoms with Gasteiger partial charge < -0.3 is 10.6 Å². The van der Waals surface area contributed by atoms with Crippen molar-refractivity contribution in [2.45, 2.75) is 19.8 Å². The summed E-state index contributed by atoms with van der Waals surface area (Å²) in [6, 6.07) is 3.84. The van der Waals surface area contributed by atoms with Gasteiger partial charge in [0.05, 0.1) is 0 Å². The molecule has 1 aromatic heterocycles. The van der Waals surface area contributed by atoms with E-state index >= 15 is 0 Å². The van der Waals surface area contributed by atoms with E-state index in [1.165, 1.54) is 12.8 Å². The molecule has 0 aromatic carbocycles. The maximum atomic E-state index is 5.62. The van der Waals surface area contributed by atoms with Crippen LogP contribution in [0.15, 0.2) is 18.3 Å². The molecule has 1 aliphatic carbocycles. The van der Waals surface area contributed by atoms with E-state index in [0.717, 1.165) is 30.4 Å². The van der Waals surface area contributed by atoms with E-state index in [2.05, 4.69) is 16.8 Å². The number of aromatic nitrogens is 1. The van der Waals surface area contributed by atoms with Gasteiger partial charge in [-0.2, -0.15) is 0 Å². The van der Waals surface area contributed by atoms with Crippen molar-refractivity contribution in [2.24, 2.45) is 11.7 Å². The Hall–Kier alpha value is -1.16. The summed E-state index contributed by atoms with van der Waals surface area (Å²) in [6.45, 7) is 4.23. The molecule has 0 aliphatic heterocycles. The molecule has 1 aliphatic rings. The molecule has 0 radical (unpaired) electrons. The molecule has 4 heteroatoms. The molecule has 0 unspecified atom stereocenters. The number of anilines is 1. The molecule has 0 saturated heterocycles. The number of pyridine rings is 1. The summed E-state index contributed by atoms with van der Waals surface area (Å²) in [6.07, 6.45) is 4.48. The molecule has 1 heterocycles. The van der Waals surface area contributed by atoms with E-state index in [4.69, 9.17) is 18.0 Å². The summed E-state index contributed by atoms with van der Waals surface area (Å²) < 4.78 is 0. The van der Waals surface area contributed by atoms with E-state index in [9.17, 15) is 0 Å². The van der Waals surface area contributed by atoms with Crippen molar-refractivity contribution in [2.75, 3.05) is 18.0 Å². The fraction of sp³-hybridized carbons (Fsp3) is 0.500. The highest BCUT2D eigenvalue weighted by Gasteiger charge is 2.24. The minimum Gasteiger partial charge on any atom is -0.389 e. The van der Waals surface area contributed by atoms with Crippen molar-refractivity contribution >= 4 is 23.0 Å². The van der Waals surface area contributed by atoms with Crippen molar-refractivity contribution in [3.63, 3.8) is 0 Å². The molecule has 0 atom stereocenters. The van der Waals surface area contributed by atoms with Crippen molar-refractivity contribution in [3.05, 3.63) is 23.9 Å². The van der Waals surface area contributed by atoms with Gasteiger partial charge in [-0.15, -0.1) is 0 Å². The zero-order valence-electron chi connectivity index (χ0n) is 9.52. The monoisotopic (exact) mass is 235 g/mol. The van der Waals surface area contributed by atoms with Crippen molar-refractivity contribution in [1.82, 2.24) is 4.98 Å². The number of thiocarbonyl (C=S) groups is 1. The first-order chi connectivity index (χ1) is 7.70. The Labute approximate surface area is 102 Å². The van der Waals surface area contributed by atoms with Crippen LogP contribution in [0.4, 0.5) is 5.82 Å². The van der Waals surface area contributed by atoms with Crippen LogP contribution in [0.25, 0.3) is 0 Å². The standard InChI is InChI=1S/C12H17N3S/c1-2-15(8-9-3-4-9)11-7-10(12(13)16)5-6-14-11/h5-7,9H,2-4,8H2,1H3,(H2,13,16). The van der Waals surface area contributed by atoms with Gasteiger partial charge in [0, 0.05) is 24.8 Å². The zero-order chi connectivity index (χ0) is 11.5. The van der Waals surface area contributed by atoms with Gasteiger partial charge in [-0.3, -0.25) is 0 Å². The van der Waals surface area contributed by atoms with E-state index < -0.39 is 0 Å². The highest BCUT2D eigenvalue weighted by Crippen LogP contribution is 2.30. The van der Waals surface area contributed by atoms with Gasteiger partial charge in [-0.05, 0) is 37.8 Å². The second-order valence-electron chi connectivity index (χ2n) is 4.25. The lowest BCUT2D eigenvalue weighted by Gasteiger charge is -2.22. The molecule has 1 aromatic rings. The minimum atomic E-state index is 0.436. The van der Waals surface area contributed by atoms with Crippen LogP contribution in [0.3, 0.4) is 0 Å². The molecule has 2 N–H and O–H groups in total. The quantitative estimate of drug-likeness (QED) is 0.792. The summed E-state index contributed by atoms with van der Waals surface area (Å²) in [5.74, 6) is 1.84. The van der Waals surface area contributed by atoms with Crippen LogP contribution in [-0.2, 0) is 0 Å². The second kappa shape index (κ2) is 4.78. The van der Waals surface area contributed by atoms with Crippen LogP contribution in [-0.4, -0.2) is 23.1 Å². The molecule has 86 valence electrons. The number of hydrogen-bond donors (Lipinski definition) is 1. The van der Waals surface area contributed by atoms with Crippen LogP contribution >= 0.6 is 12.2 Å². The maximum Gasteiger partial charge on any atom is 0.129 e. The molecule has 0 bridgehead atoms. The fourth-order valence-electron chi connectivity index (χ4n) is 1.74. The van der Waals surface area contributed by atoms with Gasteiger partial charge in [0.2, 0.25) is 0 Å². The maximum absolute atomic E-state index is 5.62. The Kier molecular flexibility index (Phi) is 3.39. The van der Waals surface area contributed by atoms with Crippen molar-refractivity contribution in [1.29, 1.82) is 0 Å². The number of nitrogens with two attached hydrogens (primary N) is 1. The highest BCUT2D eigenvalue weighted by atomic mass is 32.1. The van der Waals surface area contributed by atoms with Gasteiger partial charge in [-0.25, -0.2) is 4.98 Å². The van der Waals surface area contributed by atoms with E-state index in [1.54, 1.807) is 6.20 Å². The third-order valence-corrected chi connectivity index (χ3v) is 3.15. The molecule has 2 rings (SSSR count). The number of hydrogen-bond acceptors (Lipinski definition) is 3. The molecule has 1 fully saturated rings. The van der Waals surface area contributed by atoms with Gasteiger partial charge in [0.15, 0.2) is 0 Å². The predicted octanol–water partition coefficient (Wildman–Crippen LogP) is 1.95. The average Bonchev–Trinajstić information content (AvgIpc) is 3.10. The van der Waals surface area contributed by atoms with Gasteiger partial charge in [0.1, 0.15) is 10.8 Å². The van der Waals surface area contributed by atoms with E-state index in [-0.39, 0.29) is 0 Å². The van der Waals surface area contributed by atoms with E-state index in [1.807, 2.05) is 12.1 Å². The lowest BCUT2D eigenvalue weighted by atomic mass is 10.2. The summed E-state index contributed by atoms with van der Waals surface area (Å²) in [4.78, 5) is 7.11. The highest BCUT2D eigenvalue weighted by molar-refractivity contribution is 7.80. The van der Waals surface area contributed by atoms with Crippen LogP contribution in [0.5, 0.6) is 0 Å². The number of rotatable bonds is 5. The Morgan fingerprint density at radius 3 is 2.94 bits per heavy atom. The zero-order valence-corrected chi connectivity index (χ0v) is 10.3. The molecule has 0 amide bonds. The second-order valence-corrected chi connectivity index (χ2v) is 4.69. The lowest BCUT2D eigenvalue weighted by Crippen LogP contribution is -2.26. The van der Waals surface area contributed by atoms with Gasteiger partial charge in [0.25, 0.3) is 0 Å². The summed E-state index contributed by atoms with van der Waals surface area (Å²) in [5.41, 5.74) is 6.52. The van der Waals surface area contributed by atoms with Crippen LogP contribution in [0.1, 0.15) is 25.3 Å². The topological polar surface area (TPSA) is 42.1 Å². The van der Waals surface area contributed by atoms with Crippen molar-refractivity contribution in [3.8, 4) is 0 Å².